The number of piperidine rings is 1. The molecule has 194 valence electrons. The molecular formula is C29H46N4O2. The van der Waals surface area contributed by atoms with Crippen LogP contribution in [0.1, 0.15) is 54.4 Å². The van der Waals surface area contributed by atoms with Crippen LogP contribution in [-0.4, -0.2) is 92.7 Å². The lowest BCUT2D eigenvalue weighted by molar-refractivity contribution is 0.0599. The Bertz CT molecular complexity index is 790. The molecular weight excluding hydrogens is 436 g/mol. The number of hydrogen-bond acceptors (Lipinski definition) is 5. The van der Waals surface area contributed by atoms with E-state index in [1.54, 1.807) is 0 Å². The molecule has 1 saturated carbocycles. The van der Waals surface area contributed by atoms with Gasteiger partial charge >= 0.3 is 0 Å². The van der Waals surface area contributed by atoms with Crippen LogP contribution in [0.15, 0.2) is 36.9 Å². The van der Waals surface area contributed by atoms with Gasteiger partial charge in [0.05, 0.1) is 13.2 Å². The third-order valence-corrected chi connectivity index (χ3v) is 8.13. The maximum Gasteiger partial charge on any atom is 0.251 e. The van der Waals surface area contributed by atoms with Gasteiger partial charge in [-0.1, -0.05) is 31.1 Å². The van der Waals surface area contributed by atoms with E-state index in [-0.39, 0.29) is 11.9 Å². The largest absolute Gasteiger partial charge is 0.377 e. The number of nitrogens with one attached hydrogen (secondary N) is 1. The Balaban J connectivity index is 1.26. The van der Waals surface area contributed by atoms with Crippen molar-refractivity contribution in [1.82, 2.24) is 20.0 Å². The summed E-state index contributed by atoms with van der Waals surface area (Å²) in [4.78, 5) is 20.6. The van der Waals surface area contributed by atoms with E-state index in [2.05, 4.69) is 45.8 Å². The minimum absolute atomic E-state index is 0.0855. The van der Waals surface area contributed by atoms with Crippen LogP contribution in [0, 0.1) is 11.8 Å². The lowest BCUT2D eigenvalue weighted by Gasteiger charge is -2.39. The summed E-state index contributed by atoms with van der Waals surface area (Å²) >= 11 is 0. The molecule has 1 N–H and O–H groups in total. The Morgan fingerprint density at radius 2 is 1.80 bits per heavy atom. The van der Waals surface area contributed by atoms with Crippen molar-refractivity contribution in [3.8, 4) is 0 Å². The number of amides is 1. The molecule has 1 aromatic carbocycles. The molecule has 0 radical (unpaired) electrons. The summed E-state index contributed by atoms with van der Waals surface area (Å²) in [6.07, 6.45) is 9.12. The van der Waals surface area contributed by atoms with Gasteiger partial charge in [0.2, 0.25) is 0 Å². The van der Waals surface area contributed by atoms with Gasteiger partial charge in [0.1, 0.15) is 0 Å². The van der Waals surface area contributed by atoms with Crippen LogP contribution in [0.3, 0.4) is 0 Å². The number of piperazine rings is 1. The van der Waals surface area contributed by atoms with Crippen molar-refractivity contribution >= 4 is 5.91 Å². The molecule has 35 heavy (non-hydrogen) atoms. The quantitative estimate of drug-likeness (QED) is 0.408. The summed E-state index contributed by atoms with van der Waals surface area (Å²) in [7, 11) is 2.19. The maximum atomic E-state index is 13.1. The number of hydrogen-bond donors (Lipinski definition) is 1. The highest BCUT2D eigenvalue weighted by Crippen LogP contribution is 2.28. The van der Waals surface area contributed by atoms with Gasteiger partial charge in [-0.2, -0.15) is 0 Å². The summed E-state index contributed by atoms with van der Waals surface area (Å²) in [5.74, 6) is 1.24. The second-order valence-corrected chi connectivity index (χ2v) is 11.0. The fraction of sp³-hybridized carbons (Fsp3) is 0.690. The first kappa shape index (κ1) is 26.3. The number of carbonyl (C=O) groups is 1. The van der Waals surface area contributed by atoms with E-state index >= 15 is 0 Å². The van der Waals surface area contributed by atoms with Crippen molar-refractivity contribution in [2.24, 2.45) is 11.8 Å². The summed E-state index contributed by atoms with van der Waals surface area (Å²) in [6, 6.07) is 8.56. The molecule has 3 atom stereocenters. The van der Waals surface area contributed by atoms with Crippen molar-refractivity contribution in [1.29, 1.82) is 0 Å². The van der Waals surface area contributed by atoms with E-state index in [0.717, 1.165) is 64.4 Å². The fourth-order valence-electron chi connectivity index (χ4n) is 6.00. The standard InChI is InChI=1S/C29H46N4O2/c1-3-19-35-23-25-7-6-14-33(21-25)22-27-8-4-5-9-28(27)30-29(34)26-12-10-24(11-13-26)20-32-17-15-31(2)16-18-32/h3,10-13,25,27-28H,1,4-9,14-23H2,2H3,(H,30,34)/t25?,27-,28+/m0/s1. The first-order valence-electron chi connectivity index (χ1n) is 13.8. The van der Waals surface area contributed by atoms with Crippen LogP contribution in [-0.2, 0) is 11.3 Å². The van der Waals surface area contributed by atoms with Gasteiger partial charge in [-0.05, 0) is 68.8 Å². The molecule has 0 aromatic heterocycles. The maximum absolute atomic E-state index is 13.1. The van der Waals surface area contributed by atoms with Gasteiger partial charge in [0.15, 0.2) is 0 Å². The Morgan fingerprint density at radius 3 is 2.57 bits per heavy atom. The zero-order valence-electron chi connectivity index (χ0n) is 21.8. The van der Waals surface area contributed by atoms with E-state index < -0.39 is 0 Å². The second kappa shape index (κ2) is 13.5. The number of likely N-dealkylation sites (N-methyl/N-ethyl adjacent to an activating group) is 1. The predicted octanol–water partition coefficient (Wildman–Crippen LogP) is 3.64. The highest BCUT2D eigenvalue weighted by Gasteiger charge is 2.30. The van der Waals surface area contributed by atoms with Crippen LogP contribution in [0.4, 0.5) is 0 Å². The molecule has 4 rings (SSSR count). The second-order valence-electron chi connectivity index (χ2n) is 11.0. The van der Waals surface area contributed by atoms with E-state index in [1.807, 2.05) is 18.2 Å². The molecule has 1 unspecified atom stereocenters. The van der Waals surface area contributed by atoms with Crippen LogP contribution in [0.2, 0.25) is 0 Å². The molecule has 2 saturated heterocycles. The van der Waals surface area contributed by atoms with Gasteiger partial charge in [-0.25, -0.2) is 0 Å². The third-order valence-electron chi connectivity index (χ3n) is 8.13. The third kappa shape index (κ3) is 8.14. The monoisotopic (exact) mass is 482 g/mol. The molecule has 1 aromatic rings. The van der Waals surface area contributed by atoms with Gasteiger partial charge in [0, 0.05) is 57.4 Å². The van der Waals surface area contributed by atoms with Crippen molar-refractivity contribution < 1.29 is 9.53 Å². The molecule has 0 spiro atoms. The zero-order valence-corrected chi connectivity index (χ0v) is 21.8. The Morgan fingerprint density at radius 1 is 1.03 bits per heavy atom. The van der Waals surface area contributed by atoms with Crippen molar-refractivity contribution in [3.63, 3.8) is 0 Å². The molecule has 6 heteroatoms. The first-order chi connectivity index (χ1) is 17.1. The Hall–Kier alpha value is -1.73. The number of likely N-dealkylation sites (tertiary alicyclic amines) is 1. The first-order valence-corrected chi connectivity index (χ1v) is 13.8. The lowest BCUT2D eigenvalue weighted by atomic mass is 9.83. The van der Waals surface area contributed by atoms with Crippen molar-refractivity contribution in [2.45, 2.75) is 51.1 Å². The molecule has 2 aliphatic heterocycles. The predicted molar refractivity (Wildman–Crippen MR) is 143 cm³/mol. The van der Waals surface area contributed by atoms with E-state index in [0.29, 0.717) is 18.4 Å². The van der Waals surface area contributed by atoms with Crippen LogP contribution < -0.4 is 5.32 Å². The average molecular weight is 483 g/mol. The highest BCUT2D eigenvalue weighted by atomic mass is 16.5. The molecule has 1 amide bonds. The highest BCUT2D eigenvalue weighted by molar-refractivity contribution is 5.94. The summed E-state index contributed by atoms with van der Waals surface area (Å²) in [5.41, 5.74) is 2.08. The van der Waals surface area contributed by atoms with E-state index in [1.165, 1.54) is 44.2 Å². The number of carbonyl (C=O) groups excluding carboxylic acids is 1. The lowest BCUT2D eigenvalue weighted by Crippen LogP contribution is -2.48. The number of ether oxygens (including phenoxy) is 1. The molecule has 2 heterocycles. The van der Waals surface area contributed by atoms with Crippen LogP contribution in [0.25, 0.3) is 0 Å². The number of benzene rings is 1. The molecule has 0 bridgehead atoms. The normalized spacial score (nSPS) is 26.9. The number of nitrogens with zero attached hydrogens (tertiary/aromatic N) is 3. The molecule has 6 nitrogen and oxygen atoms in total. The minimum atomic E-state index is 0.0855. The Labute approximate surface area is 212 Å². The van der Waals surface area contributed by atoms with Crippen LogP contribution in [0.5, 0.6) is 0 Å². The smallest absolute Gasteiger partial charge is 0.251 e. The van der Waals surface area contributed by atoms with Gasteiger partial charge in [-0.15, -0.1) is 6.58 Å². The van der Waals surface area contributed by atoms with Gasteiger partial charge in [-0.3, -0.25) is 9.69 Å². The molecule has 1 aliphatic carbocycles. The zero-order chi connectivity index (χ0) is 24.5. The molecule has 3 fully saturated rings. The minimum Gasteiger partial charge on any atom is -0.377 e. The van der Waals surface area contributed by atoms with E-state index in [4.69, 9.17) is 4.74 Å². The topological polar surface area (TPSA) is 48.1 Å². The molecule has 3 aliphatic rings. The average Bonchev–Trinajstić information content (AvgIpc) is 2.87. The van der Waals surface area contributed by atoms with E-state index in [9.17, 15) is 4.79 Å². The SMILES string of the molecule is C=CCOCC1CCCN(C[C@@H]2CCCC[C@H]2NC(=O)c2ccc(CN3CCN(C)CC3)cc2)C1. The summed E-state index contributed by atoms with van der Waals surface area (Å²) in [5, 5.41) is 3.42. The van der Waals surface area contributed by atoms with Gasteiger partial charge in [0.25, 0.3) is 5.91 Å². The van der Waals surface area contributed by atoms with Gasteiger partial charge < -0.3 is 19.9 Å². The number of rotatable bonds is 10. The van der Waals surface area contributed by atoms with Crippen molar-refractivity contribution in [2.75, 3.05) is 66.1 Å². The van der Waals surface area contributed by atoms with Crippen LogP contribution >= 0.6 is 0 Å². The fourth-order valence-corrected chi connectivity index (χ4v) is 6.00. The summed E-state index contributed by atoms with van der Waals surface area (Å²) in [6.45, 7) is 14.0. The van der Waals surface area contributed by atoms with Crippen molar-refractivity contribution in [3.05, 3.63) is 48.0 Å². The Kier molecular flexibility index (Phi) is 10.2. The summed E-state index contributed by atoms with van der Waals surface area (Å²) < 4.78 is 5.73.